The summed E-state index contributed by atoms with van der Waals surface area (Å²) in [7, 11) is 1.67. The van der Waals surface area contributed by atoms with Crippen LogP contribution in [0.4, 0.5) is 0 Å². The molecule has 1 aromatic rings. The highest BCUT2D eigenvalue weighted by atomic mass is 16.5. The fourth-order valence-electron chi connectivity index (χ4n) is 1.85. The highest BCUT2D eigenvalue weighted by Gasteiger charge is 2.05. The molecule has 0 spiro atoms. The first kappa shape index (κ1) is 12.5. The summed E-state index contributed by atoms with van der Waals surface area (Å²) in [5.41, 5.74) is 3.78. The molecule has 0 saturated heterocycles. The number of hydrogen-bond donors (Lipinski definition) is 0. The molecule has 0 aliphatic rings. The van der Waals surface area contributed by atoms with Gasteiger partial charge in [0.1, 0.15) is 5.75 Å². The van der Waals surface area contributed by atoms with Crippen molar-refractivity contribution in [1.29, 1.82) is 0 Å². The lowest BCUT2D eigenvalue weighted by Crippen LogP contribution is -1.97. The molecule has 3 nitrogen and oxygen atoms in total. The van der Waals surface area contributed by atoms with Crippen molar-refractivity contribution in [3.8, 4) is 5.75 Å². The second-order valence-corrected chi connectivity index (χ2v) is 3.82. The standard InChI is InChI=1S/C13H17NO2/c1-10-7-12(16-3)8-11(2)13(10)5-4-6-14-9-15/h7-8H,4-6H2,1-3H3. The third-order valence-corrected chi connectivity index (χ3v) is 2.67. The van der Waals surface area contributed by atoms with Crippen LogP contribution in [0.2, 0.25) is 0 Å². The van der Waals surface area contributed by atoms with Gasteiger partial charge >= 0.3 is 0 Å². The van der Waals surface area contributed by atoms with Crippen molar-refractivity contribution < 1.29 is 9.53 Å². The van der Waals surface area contributed by atoms with Crippen molar-refractivity contribution >= 4 is 6.08 Å². The van der Waals surface area contributed by atoms with Crippen LogP contribution in [0, 0.1) is 13.8 Å². The van der Waals surface area contributed by atoms with Crippen LogP contribution < -0.4 is 4.74 Å². The van der Waals surface area contributed by atoms with Gasteiger partial charge in [0, 0.05) is 0 Å². The van der Waals surface area contributed by atoms with E-state index in [1.165, 1.54) is 16.7 Å². The highest BCUT2D eigenvalue weighted by Crippen LogP contribution is 2.22. The van der Waals surface area contributed by atoms with E-state index in [1.807, 2.05) is 12.1 Å². The summed E-state index contributed by atoms with van der Waals surface area (Å²) in [6, 6.07) is 4.07. The van der Waals surface area contributed by atoms with E-state index < -0.39 is 0 Å². The minimum Gasteiger partial charge on any atom is -0.497 e. The number of carbonyl (C=O) groups excluding carboxylic acids is 1. The fraction of sp³-hybridized carbons (Fsp3) is 0.462. The Balaban J connectivity index is 2.76. The zero-order chi connectivity index (χ0) is 12.0. The number of rotatable bonds is 5. The number of isocyanates is 1. The normalized spacial score (nSPS) is 9.69. The second-order valence-electron chi connectivity index (χ2n) is 3.82. The Kier molecular flexibility index (Phi) is 4.74. The molecule has 0 heterocycles. The fourth-order valence-corrected chi connectivity index (χ4v) is 1.85. The monoisotopic (exact) mass is 219 g/mol. The van der Waals surface area contributed by atoms with Crippen LogP contribution in [0.3, 0.4) is 0 Å². The zero-order valence-corrected chi connectivity index (χ0v) is 10.0. The van der Waals surface area contributed by atoms with Crippen molar-refractivity contribution in [2.24, 2.45) is 4.99 Å². The molecular formula is C13H17NO2. The molecule has 0 radical (unpaired) electrons. The lowest BCUT2D eigenvalue weighted by atomic mass is 9.98. The van der Waals surface area contributed by atoms with Gasteiger partial charge in [-0.3, -0.25) is 0 Å². The van der Waals surface area contributed by atoms with Crippen molar-refractivity contribution in [2.75, 3.05) is 13.7 Å². The molecule has 0 unspecified atom stereocenters. The maximum atomic E-state index is 9.93. The molecule has 0 saturated carbocycles. The van der Waals surface area contributed by atoms with E-state index in [0.717, 1.165) is 18.6 Å². The predicted octanol–water partition coefficient (Wildman–Crippen LogP) is 2.58. The molecule has 0 aliphatic heterocycles. The first-order valence-electron chi connectivity index (χ1n) is 5.36. The Hall–Kier alpha value is -1.60. The Labute approximate surface area is 96.2 Å². The van der Waals surface area contributed by atoms with Gasteiger partial charge in [0.05, 0.1) is 13.7 Å². The van der Waals surface area contributed by atoms with Crippen LogP contribution in [0.25, 0.3) is 0 Å². The average Bonchev–Trinajstić information content (AvgIpc) is 2.26. The number of aryl methyl sites for hydroxylation is 2. The maximum absolute atomic E-state index is 9.93. The first-order valence-corrected chi connectivity index (χ1v) is 5.36. The summed E-state index contributed by atoms with van der Waals surface area (Å²) in [5.74, 6) is 0.893. The minimum atomic E-state index is 0.550. The SMILES string of the molecule is COc1cc(C)c(CCCN=C=O)c(C)c1. The van der Waals surface area contributed by atoms with Gasteiger partial charge in [-0.05, 0) is 55.5 Å². The number of aliphatic imine (C=N–C) groups is 1. The van der Waals surface area contributed by atoms with Crippen molar-refractivity contribution in [3.63, 3.8) is 0 Å². The molecule has 0 atom stereocenters. The highest BCUT2D eigenvalue weighted by molar-refractivity contribution is 5.41. The summed E-state index contributed by atoms with van der Waals surface area (Å²) in [5, 5.41) is 0. The summed E-state index contributed by atoms with van der Waals surface area (Å²) in [6.45, 7) is 4.70. The van der Waals surface area contributed by atoms with E-state index >= 15 is 0 Å². The lowest BCUT2D eigenvalue weighted by molar-refractivity contribution is 0.414. The van der Waals surface area contributed by atoms with E-state index in [1.54, 1.807) is 13.2 Å². The molecule has 0 amide bonds. The third-order valence-electron chi connectivity index (χ3n) is 2.67. The summed E-state index contributed by atoms with van der Waals surface area (Å²) in [4.78, 5) is 13.5. The van der Waals surface area contributed by atoms with Crippen LogP contribution in [0.15, 0.2) is 17.1 Å². The molecule has 0 fully saturated rings. The molecule has 0 aromatic heterocycles. The quantitative estimate of drug-likeness (QED) is 0.433. The number of methoxy groups -OCH3 is 1. The van der Waals surface area contributed by atoms with E-state index in [0.29, 0.717) is 6.54 Å². The summed E-state index contributed by atoms with van der Waals surface area (Å²) in [6.07, 6.45) is 3.37. The van der Waals surface area contributed by atoms with Crippen molar-refractivity contribution in [2.45, 2.75) is 26.7 Å². The number of hydrogen-bond acceptors (Lipinski definition) is 3. The van der Waals surface area contributed by atoms with Crippen LogP contribution in [0.1, 0.15) is 23.1 Å². The zero-order valence-electron chi connectivity index (χ0n) is 10.0. The Bertz CT molecular complexity index is 383. The largest absolute Gasteiger partial charge is 0.497 e. The Morgan fingerprint density at radius 2 is 1.94 bits per heavy atom. The second kappa shape index (κ2) is 6.09. The molecule has 16 heavy (non-hydrogen) atoms. The summed E-state index contributed by atoms with van der Waals surface area (Å²) >= 11 is 0. The van der Waals surface area contributed by atoms with Gasteiger partial charge in [-0.2, -0.15) is 0 Å². The summed E-state index contributed by atoms with van der Waals surface area (Å²) < 4.78 is 5.20. The molecule has 0 aliphatic carbocycles. The number of nitrogens with zero attached hydrogens (tertiary/aromatic N) is 1. The Morgan fingerprint density at radius 3 is 2.44 bits per heavy atom. The first-order chi connectivity index (χ1) is 7.69. The van der Waals surface area contributed by atoms with Crippen LogP contribution in [0.5, 0.6) is 5.75 Å². The minimum absolute atomic E-state index is 0.550. The van der Waals surface area contributed by atoms with Crippen LogP contribution in [-0.4, -0.2) is 19.7 Å². The molecule has 0 N–H and O–H groups in total. The van der Waals surface area contributed by atoms with E-state index in [-0.39, 0.29) is 0 Å². The molecule has 0 bridgehead atoms. The van der Waals surface area contributed by atoms with Gasteiger partial charge in [-0.25, -0.2) is 9.79 Å². The van der Waals surface area contributed by atoms with E-state index in [4.69, 9.17) is 4.74 Å². The molecule has 3 heteroatoms. The van der Waals surface area contributed by atoms with Gasteiger partial charge in [-0.15, -0.1) is 0 Å². The van der Waals surface area contributed by atoms with E-state index in [9.17, 15) is 4.79 Å². The maximum Gasteiger partial charge on any atom is 0.234 e. The van der Waals surface area contributed by atoms with Crippen molar-refractivity contribution in [1.82, 2.24) is 0 Å². The van der Waals surface area contributed by atoms with Gasteiger partial charge in [0.15, 0.2) is 0 Å². The third kappa shape index (κ3) is 3.21. The van der Waals surface area contributed by atoms with Crippen LogP contribution >= 0.6 is 0 Å². The van der Waals surface area contributed by atoms with Gasteiger partial charge < -0.3 is 4.74 Å². The van der Waals surface area contributed by atoms with Crippen LogP contribution in [-0.2, 0) is 11.2 Å². The van der Waals surface area contributed by atoms with Gasteiger partial charge in [0.25, 0.3) is 0 Å². The number of benzene rings is 1. The molecule has 1 rings (SSSR count). The molecule has 86 valence electrons. The van der Waals surface area contributed by atoms with Crippen molar-refractivity contribution in [3.05, 3.63) is 28.8 Å². The predicted molar refractivity (Wildman–Crippen MR) is 63.8 cm³/mol. The number of ether oxygens (including phenoxy) is 1. The van der Waals surface area contributed by atoms with E-state index in [2.05, 4.69) is 18.8 Å². The average molecular weight is 219 g/mol. The lowest BCUT2D eigenvalue weighted by Gasteiger charge is -2.11. The molecule has 1 aromatic carbocycles. The van der Waals surface area contributed by atoms with Gasteiger partial charge in [0.2, 0.25) is 6.08 Å². The van der Waals surface area contributed by atoms with Gasteiger partial charge in [-0.1, -0.05) is 0 Å². The Morgan fingerprint density at radius 1 is 1.31 bits per heavy atom. The smallest absolute Gasteiger partial charge is 0.234 e. The topological polar surface area (TPSA) is 38.7 Å². The molecular weight excluding hydrogens is 202 g/mol.